The minimum Gasteiger partial charge on any atom is -0.325 e. The third kappa shape index (κ3) is 5.16. The fraction of sp³-hybridized carbons (Fsp3) is 0.188. The van der Waals surface area contributed by atoms with Gasteiger partial charge in [0.05, 0.1) is 6.54 Å². The highest BCUT2D eigenvalue weighted by Crippen LogP contribution is 2.18. The number of halogens is 2. The molecule has 0 saturated carbocycles. The zero-order valence-electron chi connectivity index (χ0n) is 11.6. The number of hydrogen-bond acceptors (Lipinski definition) is 2. The van der Waals surface area contributed by atoms with Crippen LogP contribution in [0.2, 0.25) is 5.02 Å². The van der Waals surface area contributed by atoms with E-state index in [2.05, 4.69) is 26.6 Å². The molecule has 0 unspecified atom stereocenters. The number of anilines is 1. The summed E-state index contributed by atoms with van der Waals surface area (Å²) in [5.41, 5.74) is 1.82. The van der Waals surface area contributed by atoms with Crippen LogP contribution in [0.5, 0.6) is 0 Å². The summed E-state index contributed by atoms with van der Waals surface area (Å²) in [5, 5.41) is 6.60. The van der Waals surface area contributed by atoms with E-state index in [1.807, 2.05) is 37.3 Å². The fourth-order valence-corrected chi connectivity index (χ4v) is 2.52. The summed E-state index contributed by atoms with van der Waals surface area (Å²) in [5.74, 6) is -0.0980. The van der Waals surface area contributed by atoms with Crippen molar-refractivity contribution in [1.82, 2.24) is 5.32 Å². The number of benzene rings is 2. The van der Waals surface area contributed by atoms with Crippen molar-refractivity contribution in [3.63, 3.8) is 0 Å². The molecule has 0 spiro atoms. The second-order valence-electron chi connectivity index (χ2n) is 4.72. The number of rotatable bonds is 5. The molecule has 1 amide bonds. The SMILES string of the molecule is C[C@@H](NCC(=O)Nc1cccc(Cl)c1)c1cccc(Br)c1. The van der Waals surface area contributed by atoms with Crippen LogP contribution in [0.1, 0.15) is 18.5 Å². The molecular weight excluding hydrogens is 352 g/mol. The topological polar surface area (TPSA) is 41.1 Å². The number of carbonyl (C=O) groups excluding carboxylic acids is 1. The first-order valence-electron chi connectivity index (χ1n) is 6.59. The van der Waals surface area contributed by atoms with Gasteiger partial charge in [-0.05, 0) is 42.8 Å². The van der Waals surface area contributed by atoms with Crippen LogP contribution in [-0.4, -0.2) is 12.5 Å². The molecule has 0 heterocycles. The zero-order valence-corrected chi connectivity index (χ0v) is 13.9. The summed E-state index contributed by atoms with van der Waals surface area (Å²) < 4.78 is 1.03. The predicted octanol–water partition coefficient (Wildman–Crippen LogP) is 4.39. The van der Waals surface area contributed by atoms with Crippen LogP contribution in [0.4, 0.5) is 5.69 Å². The summed E-state index contributed by atoms with van der Waals surface area (Å²) in [6.07, 6.45) is 0. The van der Waals surface area contributed by atoms with Crippen molar-refractivity contribution < 1.29 is 4.79 Å². The summed E-state index contributed by atoms with van der Waals surface area (Å²) in [7, 11) is 0. The maximum Gasteiger partial charge on any atom is 0.238 e. The molecule has 3 nitrogen and oxygen atoms in total. The van der Waals surface area contributed by atoms with Gasteiger partial charge in [-0.3, -0.25) is 4.79 Å². The highest BCUT2D eigenvalue weighted by atomic mass is 79.9. The smallest absolute Gasteiger partial charge is 0.238 e. The quantitative estimate of drug-likeness (QED) is 0.823. The zero-order chi connectivity index (χ0) is 15.2. The van der Waals surface area contributed by atoms with Crippen LogP contribution >= 0.6 is 27.5 Å². The predicted molar refractivity (Wildman–Crippen MR) is 90.6 cm³/mol. The van der Waals surface area contributed by atoms with E-state index in [1.165, 1.54) is 0 Å². The molecule has 0 bridgehead atoms. The average molecular weight is 368 g/mol. The summed E-state index contributed by atoms with van der Waals surface area (Å²) in [6.45, 7) is 2.26. The molecule has 21 heavy (non-hydrogen) atoms. The van der Waals surface area contributed by atoms with Crippen LogP contribution in [-0.2, 0) is 4.79 Å². The lowest BCUT2D eigenvalue weighted by molar-refractivity contribution is -0.115. The normalized spacial score (nSPS) is 12.0. The minimum atomic E-state index is -0.0980. The van der Waals surface area contributed by atoms with Gasteiger partial charge in [-0.1, -0.05) is 45.7 Å². The Morgan fingerprint density at radius 1 is 1.24 bits per heavy atom. The van der Waals surface area contributed by atoms with Crippen molar-refractivity contribution in [3.8, 4) is 0 Å². The van der Waals surface area contributed by atoms with Crippen LogP contribution in [0, 0.1) is 0 Å². The Morgan fingerprint density at radius 3 is 2.71 bits per heavy atom. The molecule has 5 heteroatoms. The van der Waals surface area contributed by atoms with Gasteiger partial charge in [0.2, 0.25) is 5.91 Å². The number of nitrogens with one attached hydrogen (secondary N) is 2. The highest BCUT2D eigenvalue weighted by Gasteiger charge is 2.08. The summed E-state index contributed by atoms with van der Waals surface area (Å²) in [4.78, 5) is 11.9. The van der Waals surface area contributed by atoms with Gasteiger partial charge in [-0.25, -0.2) is 0 Å². The summed E-state index contributed by atoms with van der Waals surface area (Å²) in [6, 6.07) is 15.2. The lowest BCUT2D eigenvalue weighted by atomic mass is 10.1. The molecule has 0 aliphatic carbocycles. The van der Waals surface area contributed by atoms with Crippen molar-refractivity contribution >= 4 is 39.1 Å². The third-order valence-electron chi connectivity index (χ3n) is 3.03. The van der Waals surface area contributed by atoms with E-state index in [-0.39, 0.29) is 18.5 Å². The van der Waals surface area contributed by atoms with Gasteiger partial charge in [0, 0.05) is 21.2 Å². The highest BCUT2D eigenvalue weighted by molar-refractivity contribution is 9.10. The molecule has 2 N–H and O–H groups in total. The Bertz CT molecular complexity index is 633. The van der Waals surface area contributed by atoms with Crippen molar-refractivity contribution in [1.29, 1.82) is 0 Å². The Morgan fingerprint density at radius 2 is 2.00 bits per heavy atom. The number of amides is 1. The van der Waals surface area contributed by atoms with E-state index < -0.39 is 0 Å². The molecule has 2 aromatic carbocycles. The Kier molecular flexibility index (Phi) is 5.79. The molecule has 110 valence electrons. The van der Waals surface area contributed by atoms with Gasteiger partial charge in [0.1, 0.15) is 0 Å². The first-order valence-corrected chi connectivity index (χ1v) is 7.76. The summed E-state index contributed by atoms with van der Waals surface area (Å²) >= 11 is 9.32. The molecule has 0 aliphatic heterocycles. The van der Waals surface area contributed by atoms with Gasteiger partial charge < -0.3 is 10.6 Å². The Labute approximate surface area is 137 Å². The molecular formula is C16H16BrClN2O. The standard InChI is InChI=1S/C16H16BrClN2O/c1-11(12-4-2-5-13(17)8-12)19-10-16(21)20-15-7-3-6-14(18)9-15/h2-9,11,19H,10H2,1H3,(H,20,21)/t11-/m1/s1. The molecule has 0 aliphatic rings. The van der Waals surface area contributed by atoms with E-state index in [0.29, 0.717) is 10.7 Å². The van der Waals surface area contributed by atoms with Gasteiger partial charge >= 0.3 is 0 Å². The Balaban J connectivity index is 1.86. The van der Waals surface area contributed by atoms with E-state index in [1.54, 1.807) is 18.2 Å². The van der Waals surface area contributed by atoms with Gasteiger partial charge in [-0.15, -0.1) is 0 Å². The van der Waals surface area contributed by atoms with Crippen LogP contribution < -0.4 is 10.6 Å². The molecule has 2 aromatic rings. The van der Waals surface area contributed by atoms with Crippen molar-refractivity contribution in [2.45, 2.75) is 13.0 Å². The van der Waals surface area contributed by atoms with E-state index in [0.717, 1.165) is 10.0 Å². The van der Waals surface area contributed by atoms with Gasteiger partial charge in [0.15, 0.2) is 0 Å². The van der Waals surface area contributed by atoms with Crippen LogP contribution in [0.3, 0.4) is 0 Å². The maximum atomic E-state index is 11.9. The fourth-order valence-electron chi connectivity index (χ4n) is 1.91. The van der Waals surface area contributed by atoms with Crippen LogP contribution in [0.25, 0.3) is 0 Å². The van der Waals surface area contributed by atoms with E-state index in [9.17, 15) is 4.79 Å². The first-order chi connectivity index (χ1) is 10.0. The molecule has 0 fully saturated rings. The van der Waals surface area contributed by atoms with Crippen molar-refractivity contribution in [3.05, 3.63) is 63.6 Å². The average Bonchev–Trinajstić information content (AvgIpc) is 2.45. The van der Waals surface area contributed by atoms with E-state index >= 15 is 0 Å². The Hall–Kier alpha value is -1.36. The number of hydrogen-bond donors (Lipinski definition) is 2. The minimum absolute atomic E-state index is 0.0904. The molecule has 0 radical (unpaired) electrons. The lowest BCUT2D eigenvalue weighted by Gasteiger charge is -2.14. The van der Waals surface area contributed by atoms with E-state index in [4.69, 9.17) is 11.6 Å². The van der Waals surface area contributed by atoms with Gasteiger partial charge in [-0.2, -0.15) is 0 Å². The number of carbonyl (C=O) groups is 1. The second kappa shape index (κ2) is 7.59. The maximum absolute atomic E-state index is 11.9. The monoisotopic (exact) mass is 366 g/mol. The lowest BCUT2D eigenvalue weighted by Crippen LogP contribution is -2.30. The molecule has 2 rings (SSSR count). The molecule has 1 atom stereocenters. The largest absolute Gasteiger partial charge is 0.325 e. The second-order valence-corrected chi connectivity index (χ2v) is 6.07. The van der Waals surface area contributed by atoms with Crippen molar-refractivity contribution in [2.24, 2.45) is 0 Å². The third-order valence-corrected chi connectivity index (χ3v) is 3.75. The van der Waals surface area contributed by atoms with Crippen molar-refractivity contribution in [2.75, 3.05) is 11.9 Å². The first kappa shape index (κ1) is 16.0. The van der Waals surface area contributed by atoms with Gasteiger partial charge in [0.25, 0.3) is 0 Å². The van der Waals surface area contributed by atoms with Crippen LogP contribution in [0.15, 0.2) is 53.0 Å². The molecule has 0 saturated heterocycles. The molecule has 0 aromatic heterocycles.